The minimum absolute atomic E-state index is 0.0954. The van der Waals surface area contributed by atoms with Crippen LogP contribution in [0.4, 0.5) is 16.4 Å². The van der Waals surface area contributed by atoms with E-state index in [1.54, 1.807) is 30.0 Å². The molecular weight excluding hydrogens is 667 g/mol. The summed E-state index contributed by atoms with van der Waals surface area (Å²) in [5.74, 6) is -0.206. The number of anilines is 2. The Morgan fingerprint density at radius 3 is 2.33 bits per heavy atom. The van der Waals surface area contributed by atoms with Crippen LogP contribution in [0.3, 0.4) is 0 Å². The van der Waals surface area contributed by atoms with Gasteiger partial charge in [-0.2, -0.15) is 4.31 Å². The average Bonchev–Trinajstić information content (AvgIpc) is 3.48. The number of nitrogens with one attached hydrogen (secondary N) is 1. The lowest BCUT2D eigenvalue weighted by molar-refractivity contribution is -0.124. The van der Waals surface area contributed by atoms with Gasteiger partial charge in [0, 0.05) is 53.7 Å². The van der Waals surface area contributed by atoms with Crippen molar-refractivity contribution in [2.45, 2.75) is 43.7 Å². The maximum Gasteiger partial charge on any atom is 0.317 e. The number of nitrogens with zero attached hydrogens (tertiary/aromatic N) is 5. The van der Waals surface area contributed by atoms with Gasteiger partial charge in [-0.3, -0.25) is 9.36 Å². The molecule has 42 heavy (non-hydrogen) atoms. The molecule has 224 valence electrons. The van der Waals surface area contributed by atoms with Crippen molar-refractivity contribution in [1.82, 2.24) is 24.1 Å². The SMILES string of the molecule is CCCCNC(=O)N1CCN(S(=O)(=O)c2cnc3n2[C@](C)(Cc2ccc(Br)cc2)C(=O)N3c2cc(Cl)cc(Cl)c2)CC1. The molecule has 1 fully saturated rings. The summed E-state index contributed by atoms with van der Waals surface area (Å²) in [6, 6.07) is 12.1. The lowest BCUT2D eigenvalue weighted by Gasteiger charge is -2.34. The Morgan fingerprint density at radius 1 is 1.07 bits per heavy atom. The van der Waals surface area contributed by atoms with Gasteiger partial charge >= 0.3 is 6.03 Å². The third-order valence-corrected chi connectivity index (χ3v) is 10.4. The van der Waals surface area contributed by atoms with Gasteiger partial charge in [-0.05, 0) is 49.2 Å². The second kappa shape index (κ2) is 12.2. The number of fused-ring (bicyclic) bond motifs is 1. The standard InChI is InChI=1S/C28H31BrCl2N6O4S/c1-3-4-9-32-27(39)34-10-12-35(13-11-34)42(40,41)24-18-33-26-36(23-15-21(30)14-22(31)16-23)25(38)28(2,37(24)26)17-19-5-7-20(29)8-6-19/h5-8,14-16,18H,3-4,9-13,17H2,1-2H3,(H,32,39)/t28-/m1/s1. The number of unbranched alkanes of at least 4 members (excludes halogenated alkanes) is 1. The minimum atomic E-state index is -4.09. The fraction of sp³-hybridized carbons (Fsp3) is 0.393. The number of benzene rings is 2. The molecule has 0 bridgehead atoms. The van der Waals surface area contributed by atoms with E-state index < -0.39 is 15.6 Å². The summed E-state index contributed by atoms with van der Waals surface area (Å²) in [5, 5.41) is 3.44. The number of amides is 3. The summed E-state index contributed by atoms with van der Waals surface area (Å²) < 4.78 is 31.9. The summed E-state index contributed by atoms with van der Waals surface area (Å²) in [7, 11) is -4.09. The first kappa shape index (κ1) is 30.8. The van der Waals surface area contributed by atoms with Crippen molar-refractivity contribution in [1.29, 1.82) is 0 Å². The number of hydrogen-bond acceptors (Lipinski definition) is 5. The van der Waals surface area contributed by atoms with Gasteiger partial charge in [0.2, 0.25) is 5.95 Å². The van der Waals surface area contributed by atoms with Crippen LogP contribution in [-0.2, 0) is 26.8 Å². The smallest absolute Gasteiger partial charge is 0.317 e. The number of aromatic nitrogens is 2. The Kier molecular flexibility index (Phi) is 8.92. The van der Waals surface area contributed by atoms with Crippen LogP contribution in [0.2, 0.25) is 10.0 Å². The van der Waals surface area contributed by atoms with Crippen LogP contribution in [0, 0.1) is 0 Å². The average molecular weight is 698 g/mol. The highest BCUT2D eigenvalue weighted by Gasteiger charge is 2.52. The molecule has 0 unspecified atom stereocenters. The topological polar surface area (TPSA) is 108 Å². The Morgan fingerprint density at radius 2 is 1.71 bits per heavy atom. The van der Waals surface area contributed by atoms with E-state index in [9.17, 15) is 18.0 Å². The third-order valence-electron chi connectivity index (χ3n) is 7.57. The number of piperazine rings is 1. The highest BCUT2D eigenvalue weighted by Crippen LogP contribution is 2.45. The van der Waals surface area contributed by atoms with E-state index in [0.29, 0.717) is 22.3 Å². The van der Waals surface area contributed by atoms with Crippen LogP contribution in [0.5, 0.6) is 0 Å². The molecule has 0 saturated carbocycles. The second-order valence-electron chi connectivity index (χ2n) is 10.6. The normalized spacial score (nSPS) is 19.3. The summed E-state index contributed by atoms with van der Waals surface area (Å²) in [5.41, 5.74) is -0.112. The van der Waals surface area contributed by atoms with E-state index in [-0.39, 0.29) is 55.5 Å². The molecule has 14 heteroatoms. The molecule has 1 N–H and O–H groups in total. The Labute approximate surface area is 263 Å². The van der Waals surface area contributed by atoms with Crippen LogP contribution in [0.1, 0.15) is 32.3 Å². The van der Waals surface area contributed by atoms with Gasteiger partial charge in [-0.15, -0.1) is 0 Å². The van der Waals surface area contributed by atoms with Crippen molar-refractivity contribution in [2.24, 2.45) is 0 Å². The van der Waals surface area contributed by atoms with Gasteiger partial charge in [-0.1, -0.05) is 64.6 Å². The third kappa shape index (κ3) is 5.79. The minimum Gasteiger partial charge on any atom is -0.338 e. The van der Waals surface area contributed by atoms with Gasteiger partial charge < -0.3 is 10.2 Å². The van der Waals surface area contributed by atoms with Crippen molar-refractivity contribution >= 4 is 72.7 Å². The molecule has 2 aliphatic heterocycles. The molecule has 5 rings (SSSR count). The van der Waals surface area contributed by atoms with E-state index in [2.05, 4.69) is 26.2 Å². The Bertz CT molecular complexity index is 1590. The van der Waals surface area contributed by atoms with Crippen molar-refractivity contribution in [3.05, 3.63) is 68.7 Å². The summed E-state index contributed by atoms with van der Waals surface area (Å²) in [6.07, 6.45) is 3.34. The maximum absolute atomic E-state index is 14.2. The number of carbonyl (C=O) groups is 2. The van der Waals surface area contributed by atoms with Gasteiger partial charge in [0.05, 0.1) is 11.9 Å². The van der Waals surface area contributed by atoms with Crippen LogP contribution in [0.15, 0.2) is 58.2 Å². The van der Waals surface area contributed by atoms with Crippen molar-refractivity contribution in [2.75, 3.05) is 37.6 Å². The fourth-order valence-corrected chi connectivity index (χ4v) is 7.75. The van der Waals surface area contributed by atoms with Crippen molar-refractivity contribution in [3.63, 3.8) is 0 Å². The number of imidazole rings is 1. The van der Waals surface area contributed by atoms with E-state index >= 15 is 0 Å². The van der Waals surface area contributed by atoms with Gasteiger partial charge in [0.1, 0.15) is 5.54 Å². The molecule has 0 spiro atoms. The molecule has 2 aliphatic rings. The largest absolute Gasteiger partial charge is 0.338 e. The van der Waals surface area contributed by atoms with E-state index in [1.807, 2.05) is 31.2 Å². The predicted octanol–water partition coefficient (Wildman–Crippen LogP) is 5.40. The lowest BCUT2D eigenvalue weighted by atomic mass is 9.92. The molecule has 10 nitrogen and oxygen atoms in total. The number of halogens is 3. The molecule has 1 atom stereocenters. The predicted molar refractivity (Wildman–Crippen MR) is 166 cm³/mol. The number of rotatable bonds is 8. The number of urea groups is 1. The van der Waals surface area contributed by atoms with Crippen LogP contribution < -0.4 is 10.2 Å². The molecule has 3 amide bonds. The molecule has 1 saturated heterocycles. The van der Waals surface area contributed by atoms with E-state index in [0.717, 1.165) is 22.9 Å². The first-order valence-electron chi connectivity index (χ1n) is 13.6. The number of hydrogen-bond donors (Lipinski definition) is 1. The quantitative estimate of drug-likeness (QED) is 0.317. The fourth-order valence-electron chi connectivity index (χ4n) is 5.36. The number of carbonyl (C=O) groups excluding carboxylic acids is 2. The second-order valence-corrected chi connectivity index (χ2v) is 14.2. The van der Waals surface area contributed by atoms with E-state index in [1.165, 1.54) is 20.0 Å². The van der Waals surface area contributed by atoms with Crippen molar-refractivity contribution < 1.29 is 18.0 Å². The molecule has 1 aromatic heterocycles. The zero-order valence-corrected chi connectivity index (χ0v) is 27.1. The maximum atomic E-state index is 14.2. The summed E-state index contributed by atoms with van der Waals surface area (Å²) >= 11 is 16.0. The molecule has 3 heterocycles. The van der Waals surface area contributed by atoms with Crippen LogP contribution in [0.25, 0.3) is 0 Å². The van der Waals surface area contributed by atoms with Gasteiger partial charge in [0.15, 0.2) is 5.03 Å². The van der Waals surface area contributed by atoms with E-state index in [4.69, 9.17) is 23.2 Å². The summed E-state index contributed by atoms with van der Waals surface area (Å²) in [4.78, 5) is 34.2. The monoisotopic (exact) mass is 696 g/mol. The van der Waals surface area contributed by atoms with Crippen molar-refractivity contribution in [3.8, 4) is 0 Å². The molecule has 0 radical (unpaired) electrons. The number of sulfonamides is 1. The molecule has 2 aromatic carbocycles. The first-order chi connectivity index (χ1) is 20.0. The molecule has 3 aromatic rings. The van der Waals surface area contributed by atoms with Crippen LogP contribution >= 0.6 is 39.1 Å². The lowest BCUT2D eigenvalue weighted by Crippen LogP contribution is -2.53. The van der Waals surface area contributed by atoms with Gasteiger partial charge in [-0.25, -0.2) is 23.1 Å². The Balaban J connectivity index is 1.51. The highest BCUT2D eigenvalue weighted by molar-refractivity contribution is 9.10. The first-order valence-corrected chi connectivity index (χ1v) is 16.6. The van der Waals surface area contributed by atoms with Gasteiger partial charge in [0.25, 0.3) is 15.9 Å². The molecular formula is C28H31BrCl2N6O4S. The highest BCUT2D eigenvalue weighted by atomic mass is 79.9. The summed E-state index contributed by atoms with van der Waals surface area (Å²) in [6.45, 7) is 5.08. The zero-order valence-electron chi connectivity index (χ0n) is 23.2. The zero-order chi connectivity index (χ0) is 30.2. The molecule has 0 aliphatic carbocycles. The Hall–Kier alpha value is -2.64. The van der Waals surface area contributed by atoms with Crippen LogP contribution in [-0.4, -0.2) is 71.8 Å².